The van der Waals surface area contributed by atoms with Gasteiger partial charge in [0, 0.05) is 37.3 Å². The largest absolute Gasteiger partial charge is 0.459 e. The highest BCUT2D eigenvalue weighted by molar-refractivity contribution is 7.21. The summed E-state index contributed by atoms with van der Waals surface area (Å²) in [5.74, 6) is 0.0847. The number of furan rings is 1. The van der Waals surface area contributed by atoms with E-state index in [1.807, 2.05) is 12.1 Å². The van der Waals surface area contributed by atoms with Crippen LogP contribution >= 0.6 is 11.3 Å². The molecular weight excluding hydrogens is 388 g/mol. The maximum atomic E-state index is 13.1. The first-order chi connectivity index (χ1) is 14.1. The number of aromatic nitrogens is 1. The van der Waals surface area contributed by atoms with E-state index in [9.17, 15) is 9.59 Å². The third-order valence-electron chi connectivity index (χ3n) is 5.22. The van der Waals surface area contributed by atoms with Gasteiger partial charge in [0.2, 0.25) is 0 Å². The Bertz CT molecular complexity index is 1020. The van der Waals surface area contributed by atoms with Gasteiger partial charge in [-0.1, -0.05) is 13.3 Å². The van der Waals surface area contributed by atoms with Crippen molar-refractivity contribution in [2.24, 2.45) is 0 Å². The molecule has 7 nitrogen and oxygen atoms in total. The molecule has 3 aromatic heterocycles. The lowest BCUT2D eigenvalue weighted by atomic mass is 10.1. The summed E-state index contributed by atoms with van der Waals surface area (Å²) < 4.78 is 5.18. The molecule has 4 rings (SSSR count). The van der Waals surface area contributed by atoms with Gasteiger partial charge in [-0.15, -0.1) is 11.3 Å². The van der Waals surface area contributed by atoms with Crippen LogP contribution < -0.4 is 5.73 Å². The minimum atomic E-state index is -0.146. The topological polar surface area (TPSA) is 92.7 Å². The number of fused-ring (bicyclic) bond motifs is 1. The molecule has 4 heterocycles. The van der Waals surface area contributed by atoms with Gasteiger partial charge in [-0.3, -0.25) is 9.59 Å². The number of anilines is 1. The average molecular weight is 413 g/mol. The van der Waals surface area contributed by atoms with Crippen LogP contribution in [-0.4, -0.2) is 52.8 Å². The molecule has 0 atom stereocenters. The normalized spacial score (nSPS) is 14.5. The number of aryl methyl sites for hydroxylation is 1. The molecule has 0 saturated carbocycles. The molecule has 1 aliphatic rings. The minimum Gasteiger partial charge on any atom is -0.459 e. The molecule has 0 spiro atoms. The summed E-state index contributed by atoms with van der Waals surface area (Å²) in [7, 11) is 0. The highest BCUT2D eigenvalue weighted by Gasteiger charge is 2.29. The summed E-state index contributed by atoms with van der Waals surface area (Å²) in [5, 5.41) is 0.838. The van der Waals surface area contributed by atoms with Crippen molar-refractivity contribution < 1.29 is 14.0 Å². The van der Waals surface area contributed by atoms with Gasteiger partial charge in [0.15, 0.2) is 5.76 Å². The van der Waals surface area contributed by atoms with Gasteiger partial charge in [0.1, 0.15) is 9.71 Å². The van der Waals surface area contributed by atoms with Crippen molar-refractivity contribution in [3.05, 3.63) is 46.9 Å². The fourth-order valence-electron chi connectivity index (χ4n) is 3.50. The van der Waals surface area contributed by atoms with Crippen molar-refractivity contribution in [1.29, 1.82) is 0 Å². The van der Waals surface area contributed by atoms with E-state index in [-0.39, 0.29) is 11.8 Å². The lowest BCUT2D eigenvalue weighted by Crippen LogP contribution is -2.50. The Kier molecular flexibility index (Phi) is 5.53. The van der Waals surface area contributed by atoms with Crippen LogP contribution in [0, 0.1) is 0 Å². The van der Waals surface area contributed by atoms with Crippen molar-refractivity contribution in [2.75, 3.05) is 31.9 Å². The van der Waals surface area contributed by atoms with Crippen LogP contribution in [0.4, 0.5) is 5.69 Å². The van der Waals surface area contributed by atoms with Crippen molar-refractivity contribution in [2.45, 2.75) is 26.2 Å². The number of nitrogens with zero attached hydrogens (tertiary/aromatic N) is 3. The van der Waals surface area contributed by atoms with Crippen LogP contribution in [0.25, 0.3) is 10.2 Å². The highest BCUT2D eigenvalue weighted by atomic mass is 32.1. The summed E-state index contributed by atoms with van der Waals surface area (Å²) in [6.45, 7) is 4.02. The predicted octanol–water partition coefficient (Wildman–Crippen LogP) is 3.41. The molecule has 3 aromatic rings. The highest BCUT2D eigenvalue weighted by Crippen LogP contribution is 2.34. The van der Waals surface area contributed by atoms with Gasteiger partial charge in [-0.05, 0) is 37.1 Å². The number of rotatable bonds is 5. The van der Waals surface area contributed by atoms with Crippen molar-refractivity contribution in [1.82, 2.24) is 14.8 Å². The number of hydrogen-bond acceptors (Lipinski definition) is 6. The summed E-state index contributed by atoms with van der Waals surface area (Å²) in [6, 6.07) is 7.31. The first-order valence-corrected chi connectivity index (χ1v) is 10.7. The zero-order chi connectivity index (χ0) is 20.4. The Hall–Kier alpha value is -2.87. The van der Waals surface area contributed by atoms with E-state index in [1.165, 1.54) is 17.6 Å². The Labute approximate surface area is 173 Å². The lowest BCUT2D eigenvalue weighted by Gasteiger charge is -2.34. The van der Waals surface area contributed by atoms with Crippen LogP contribution in [0.2, 0.25) is 0 Å². The van der Waals surface area contributed by atoms with Crippen LogP contribution in [0.1, 0.15) is 45.7 Å². The molecule has 0 aromatic carbocycles. The number of unbranched alkanes of at least 4 members (excludes halogenated alkanes) is 1. The van der Waals surface area contributed by atoms with Crippen LogP contribution in [0.15, 0.2) is 34.9 Å². The summed E-state index contributed by atoms with van der Waals surface area (Å²) in [4.78, 5) is 34.9. The lowest BCUT2D eigenvalue weighted by molar-refractivity contribution is 0.0521. The van der Waals surface area contributed by atoms with E-state index >= 15 is 0 Å². The van der Waals surface area contributed by atoms with Crippen molar-refractivity contribution >= 4 is 39.1 Å². The number of hydrogen-bond donors (Lipinski definition) is 1. The molecule has 1 saturated heterocycles. The third-order valence-corrected chi connectivity index (χ3v) is 6.32. The fourth-order valence-corrected chi connectivity index (χ4v) is 4.58. The summed E-state index contributed by atoms with van der Waals surface area (Å²) >= 11 is 1.36. The predicted molar refractivity (Wildman–Crippen MR) is 113 cm³/mol. The van der Waals surface area contributed by atoms with Gasteiger partial charge in [-0.25, -0.2) is 4.98 Å². The second-order valence-corrected chi connectivity index (χ2v) is 8.16. The Morgan fingerprint density at radius 3 is 2.52 bits per heavy atom. The SMILES string of the molecule is CCCCc1ccc2c(N)c(C(=O)N3CCN(C(=O)c4ccco4)CC3)sc2n1. The summed E-state index contributed by atoms with van der Waals surface area (Å²) in [5.41, 5.74) is 7.81. The van der Waals surface area contributed by atoms with E-state index in [4.69, 9.17) is 10.2 Å². The monoisotopic (exact) mass is 412 g/mol. The van der Waals surface area contributed by atoms with Gasteiger partial charge >= 0.3 is 0 Å². The van der Waals surface area contributed by atoms with Gasteiger partial charge in [0.25, 0.3) is 11.8 Å². The second kappa shape index (κ2) is 8.24. The van der Waals surface area contributed by atoms with Gasteiger partial charge < -0.3 is 20.0 Å². The molecule has 0 unspecified atom stereocenters. The quantitative estimate of drug-likeness (QED) is 0.693. The van der Waals surface area contributed by atoms with E-state index < -0.39 is 0 Å². The average Bonchev–Trinajstić information content (AvgIpc) is 3.40. The molecule has 0 radical (unpaired) electrons. The minimum absolute atomic E-state index is 0.0919. The van der Waals surface area contributed by atoms with Crippen LogP contribution in [0.5, 0.6) is 0 Å². The zero-order valence-electron chi connectivity index (χ0n) is 16.4. The first-order valence-electron chi connectivity index (χ1n) is 9.88. The Balaban J connectivity index is 1.46. The molecule has 2 amide bonds. The molecule has 1 fully saturated rings. The molecule has 29 heavy (non-hydrogen) atoms. The number of amides is 2. The molecular formula is C21H24N4O3S. The number of piperazine rings is 1. The summed E-state index contributed by atoms with van der Waals surface area (Å²) in [6.07, 6.45) is 4.62. The number of nitrogens with two attached hydrogens (primary N) is 1. The van der Waals surface area contributed by atoms with Crippen LogP contribution in [-0.2, 0) is 6.42 Å². The zero-order valence-corrected chi connectivity index (χ0v) is 17.2. The Morgan fingerprint density at radius 2 is 1.86 bits per heavy atom. The third kappa shape index (κ3) is 3.85. The molecule has 2 N–H and O–H groups in total. The number of thiophene rings is 1. The van der Waals surface area contributed by atoms with Crippen LogP contribution in [0.3, 0.4) is 0 Å². The number of pyridine rings is 1. The molecule has 8 heteroatoms. The molecule has 0 aliphatic carbocycles. The fraction of sp³-hybridized carbons (Fsp3) is 0.381. The Morgan fingerprint density at radius 1 is 1.14 bits per heavy atom. The molecule has 0 bridgehead atoms. The smallest absolute Gasteiger partial charge is 0.289 e. The maximum Gasteiger partial charge on any atom is 0.289 e. The second-order valence-electron chi connectivity index (χ2n) is 7.17. The van der Waals surface area contributed by atoms with Crippen molar-refractivity contribution in [3.63, 3.8) is 0 Å². The van der Waals surface area contributed by atoms with Gasteiger partial charge in [-0.2, -0.15) is 0 Å². The van der Waals surface area contributed by atoms with E-state index in [0.717, 1.165) is 35.2 Å². The number of nitrogen functional groups attached to an aromatic ring is 1. The van der Waals surface area contributed by atoms with Gasteiger partial charge in [0.05, 0.1) is 12.0 Å². The maximum absolute atomic E-state index is 13.1. The molecule has 152 valence electrons. The molecule has 1 aliphatic heterocycles. The number of carbonyl (C=O) groups is 2. The van der Waals surface area contributed by atoms with E-state index in [0.29, 0.717) is 42.5 Å². The standard InChI is InChI=1S/C21H24N4O3S/c1-2-3-5-14-7-8-15-17(22)18(29-19(15)23-14)21(27)25-11-9-24(10-12-25)20(26)16-6-4-13-28-16/h4,6-8,13H,2-3,5,9-12,22H2,1H3. The number of carbonyl (C=O) groups excluding carboxylic acids is 2. The first kappa shape index (κ1) is 19.4. The van der Waals surface area contributed by atoms with Crippen molar-refractivity contribution in [3.8, 4) is 0 Å². The van der Waals surface area contributed by atoms with E-state index in [2.05, 4.69) is 11.9 Å². The van der Waals surface area contributed by atoms with E-state index in [1.54, 1.807) is 21.9 Å².